The van der Waals surface area contributed by atoms with Crippen LogP contribution in [0.5, 0.6) is 0 Å². The molecule has 0 amide bonds. The number of rotatable bonds is 3. The van der Waals surface area contributed by atoms with Crippen LogP contribution in [0.3, 0.4) is 0 Å². The van der Waals surface area contributed by atoms with Crippen molar-refractivity contribution in [2.24, 2.45) is 5.92 Å². The van der Waals surface area contributed by atoms with E-state index in [1.807, 2.05) is 0 Å². The van der Waals surface area contributed by atoms with Crippen molar-refractivity contribution in [2.45, 2.75) is 13.0 Å². The van der Waals surface area contributed by atoms with Crippen molar-refractivity contribution in [1.82, 2.24) is 4.90 Å². The van der Waals surface area contributed by atoms with E-state index < -0.39 is 0 Å². The minimum atomic E-state index is 0.845. The first-order chi connectivity index (χ1) is 7.28. The smallest absolute Gasteiger partial charge is 0.0234 e. The molecule has 1 aromatic rings. The normalized spacial score (nSPS) is 22.1. The summed E-state index contributed by atoms with van der Waals surface area (Å²) in [6.07, 6.45) is 1.33. The van der Waals surface area contributed by atoms with Gasteiger partial charge in [0, 0.05) is 22.9 Å². The van der Waals surface area contributed by atoms with Crippen molar-refractivity contribution in [3.8, 4) is 0 Å². The van der Waals surface area contributed by atoms with Gasteiger partial charge < -0.3 is 0 Å². The Kier molecular flexibility index (Phi) is 4.23. The second-order valence-corrected chi connectivity index (χ2v) is 5.74. The zero-order valence-corrected chi connectivity index (χ0v) is 11.8. The Morgan fingerprint density at radius 3 is 2.93 bits per heavy atom. The summed E-state index contributed by atoms with van der Waals surface area (Å²) in [5.41, 5.74) is 1.40. The van der Waals surface area contributed by atoms with Crippen molar-refractivity contribution in [2.75, 3.05) is 18.4 Å². The maximum atomic E-state index is 3.57. The molecule has 1 nitrogen and oxygen atoms in total. The van der Waals surface area contributed by atoms with Crippen molar-refractivity contribution < 1.29 is 0 Å². The Bertz CT molecular complexity index is 327. The monoisotopic (exact) mass is 331 g/mol. The van der Waals surface area contributed by atoms with E-state index in [9.17, 15) is 0 Å². The molecule has 2 rings (SSSR count). The van der Waals surface area contributed by atoms with Gasteiger partial charge in [-0.15, -0.1) is 0 Å². The average molecular weight is 333 g/mol. The molecule has 82 valence electrons. The minimum Gasteiger partial charge on any atom is -0.299 e. The highest BCUT2D eigenvalue weighted by Crippen LogP contribution is 2.21. The maximum absolute atomic E-state index is 3.57. The number of alkyl halides is 1. The molecule has 0 aliphatic carbocycles. The molecule has 1 aliphatic heterocycles. The fourth-order valence-electron chi connectivity index (χ4n) is 2.08. The lowest BCUT2D eigenvalue weighted by atomic mass is 10.2. The molecule has 0 saturated carbocycles. The Morgan fingerprint density at radius 1 is 1.40 bits per heavy atom. The summed E-state index contributed by atoms with van der Waals surface area (Å²) in [6.45, 7) is 3.56. The highest BCUT2D eigenvalue weighted by molar-refractivity contribution is 9.10. The molecule has 0 spiro atoms. The molecule has 1 aromatic carbocycles. The van der Waals surface area contributed by atoms with Gasteiger partial charge in [0.15, 0.2) is 0 Å². The van der Waals surface area contributed by atoms with Crippen LogP contribution < -0.4 is 0 Å². The third-order valence-electron chi connectivity index (χ3n) is 2.88. The second-order valence-electron chi connectivity index (χ2n) is 4.17. The van der Waals surface area contributed by atoms with Gasteiger partial charge >= 0.3 is 0 Å². The SMILES string of the molecule is BrCC1CCN(Cc2cccc(Br)c2)C1. The van der Waals surface area contributed by atoms with Crippen molar-refractivity contribution in [3.05, 3.63) is 34.3 Å². The van der Waals surface area contributed by atoms with E-state index in [-0.39, 0.29) is 0 Å². The third-order valence-corrected chi connectivity index (χ3v) is 4.29. The fraction of sp³-hybridized carbons (Fsp3) is 0.500. The minimum absolute atomic E-state index is 0.845. The van der Waals surface area contributed by atoms with Crippen LogP contribution in [0.1, 0.15) is 12.0 Å². The van der Waals surface area contributed by atoms with Crippen molar-refractivity contribution in [1.29, 1.82) is 0 Å². The van der Waals surface area contributed by atoms with Crippen LogP contribution in [0.4, 0.5) is 0 Å². The molecule has 1 saturated heterocycles. The Labute approximate surface area is 108 Å². The van der Waals surface area contributed by atoms with Crippen LogP contribution in [0, 0.1) is 5.92 Å². The summed E-state index contributed by atoms with van der Waals surface area (Å²) < 4.78 is 1.18. The van der Waals surface area contributed by atoms with E-state index >= 15 is 0 Å². The molecular formula is C12H15Br2N. The van der Waals surface area contributed by atoms with Crippen LogP contribution in [-0.2, 0) is 6.54 Å². The van der Waals surface area contributed by atoms with E-state index in [0.29, 0.717) is 0 Å². The van der Waals surface area contributed by atoms with Crippen molar-refractivity contribution >= 4 is 31.9 Å². The van der Waals surface area contributed by atoms with E-state index in [2.05, 4.69) is 61.0 Å². The van der Waals surface area contributed by atoms with Crippen LogP contribution in [0.2, 0.25) is 0 Å². The maximum Gasteiger partial charge on any atom is 0.0234 e. The van der Waals surface area contributed by atoms with Gasteiger partial charge in [0.05, 0.1) is 0 Å². The second kappa shape index (κ2) is 5.46. The first kappa shape index (κ1) is 11.6. The average Bonchev–Trinajstić information content (AvgIpc) is 2.65. The number of hydrogen-bond donors (Lipinski definition) is 0. The Hall–Kier alpha value is 0.140. The van der Waals surface area contributed by atoms with Crippen molar-refractivity contribution in [3.63, 3.8) is 0 Å². The molecule has 1 heterocycles. The highest BCUT2D eigenvalue weighted by Gasteiger charge is 2.21. The largest absolute Gasteiger partial charge is 0.299 e. The predicted molar refractivity (Wildman–Crippen MR) is 71.3 cm³/mol. The molecule has 1 fully saturated rings. The molecule has 0 bridgehead atoms. The molecular weight excluding hydrogens is 318 g/mol. The molecule has 0 N–H and O–H groups in total. The summed E-state index contributed by atoms with van der Waals surface area (Å²) in [6, 6.07) is 8.60. The summed E-state index contributed by atoms with van der Waals surface area (Å²) in [5, 5.41) is 1.14. The number of likely N-dealkylation sites (tertiary alicyclic amines) is 1. The van der Waals surface area contributed by atoms with Crippen LogP contribution in [0.25, 0.3) is 0 Å². The first-order valence-corrected chi connectivity index (χ1v) is 7.22. The molecule has 15 heavy (non-hydrogen) atoms. The van der Waals surface area contributed by atoms with Gasteiger partial charge in [-0.2, -0.15) is 0 Å². The number of hydrogen-bond acceptors (Lipinski definition) is 1. The molecule has 0 aromatic heterocycles. The lowest BCUT2D eigenvalue weighted by Crippen LogP contribution is -2.20. The molecule has 0 radical (unpaired) electrons. The first-order valence-electron chi connectivity index (χ1n) is 5.30. The van der Waals surface area contributed by atoms with Crippen LogP contribution >= 0.6 is 31.9 Å². The number of nitrogens with zero attached hydrogens (tertiary/aromatic N) is 1. The zero-order chi connectivity index (χ0) is 10.7. The number of benzene rings is 1. The molecule has 1 atom stereocenters. The molecule has 3 heteroatoms. The van der Waals surface area contributed by atoms with Gasteiger partial charge in [0.1, 0.15) is 0 Å². The Balaban J connectivity index is 1.92. The quantitative estimate of drug-likeness (QED) is 0.763. The molecule has 1 unspecified atom stereocenters. The van der Waals surface area contributed by atoms with Gasteiger partial charge in [-0.25, -0.2) is 0 Å². The zero-order valence-electron chi connectivity index (χ0n) is 8.63. The summed E-state index contributed by atoms with van der Waals surface area (Å²) in [7, 11) is 0. The van der Waals surface area contributed by atoms with E-state index in [0.717, 1.165) is 17.8 Å². The van der Waals surface area contributed by atoms with Gasteiger partial charge in [0.25, 0.3) is 0 Å². The van der Waals surface area contributed by atoms with Gasteiger partial charge in [-0.3, -0.25) is 4.90 Å². The molecule has 1 aliphatic rings. The van der Waals surface area contributed by atoms with Crippen LogP contribution in [-0.4, -0.2) is 23.3 Å². The summed E-state index contributed by atoms with van der Waals surface area (Å²) in [5.74, 6) is 0.845. The standard InChI is InChI=1S/C12H15Br2N/c13-7-11-4-5-15(9-11)8-10-2-1-3-12(14)6-10/h1-3,6,11H,4-5,7-9H2. The van der Waals surface area contributed by atoms with Crippen LogP contribution in [0.15, 0.2) is 28.7 Å². The Morgan fingerprint density at radius 2 is 2.27 bits per heavy atom. The highest BCUT2D eigenvalue weighted by atomic mass is 79.9. The van der Waals surface area contributed by atoms with Gasteiger partial charge in [-0.05, 0) is 36.6 Å². The lowest BCUT2D eigenvalue weighted by Gasteiger charge is -2.15. The predicted octanol–water partition coefficient (Wildman–Crippen LogP) is 3.67. The fourth-order valence-corrected chi connectivity index (χ4v) is 3.05. The third kappa shape index (κ3) is 3.30. The van der Waals surface area contributed by atoms with Gasteiger partial charge in [0.2, 0.25) is 0 Å². The van der Waals surface area contributed by atoms with E-state index in [1.165, 1.54) is 29.5 Å². The van der Waals surface area contributed by atoms with Gasteiger partial charge in [-0.1, -0.05) is 44.0 Å². The number of halogens is 2. The summed E-state index contributed by atoms with van der Waals surface area (Å²) >= 11 is 7.08. The summed E-state index contributed by atoms with van der Waals surface area (Å²) in [4.78, 5) is 2.54. The van der Waals surface area contributed by atoms with E-state index in [1.54, 1.807) is 0 Å². The topological polar surface area (TPSA) is 3.24 Å². The van der Waals surface area contributed by atoms with E-state index in [4.69, 9.17) is 0 Å². The lowest BCUT2D eigenvalue weighted by molar-refractivity contribution is 0.321.